The number of nitrogens with zero attached hydrogens (tertiary/aromatic N) is 1. The van der Waals surface area contributed by atoms with Crippen LogP contribution < -0.4 is 15.4 Å². The van der Waals surface area contributed by atoms with Crippen LogP contribution in [-0.2, 0) is 11.0 Å². The van der Waals surface area contributed by atoms with Gasteiger partial charge in [-0.15, -0.1) is 0 Å². The molecule has 0 spiro atoms. The second kappa shape index (κ2) is 8.94. The lowest BCUT2D eigenvalue weighted by atomic mass is 9.60. The van der Waals surface area contributed by atoms with Gasteiger partial charge < -0.3 is 24.9 Å². The molecule has 0 aliphatic heterocycles. The zero-order valence-electron chi connectivity index (χ0n) is 17.5. The Bertz CT molecular complexity index is 1100. The topological polar surface area (TPSA) is 114 Å². The van der Waals surface area contributed by atoms with Gasteiger partial charge in [0.15, 0.2) is 12.3 Å². The van der Waals surface area contributed by atoms with Gasteiger partial charge in [-0.05, 0) is 44.2 Å². The highest BCUT2D eigenvalue weighted by atomic mass is 35.5. The molecule has 1 aromatic carbocycles. The van der Waals surface area contributed by atoms with Crippen LogP contribution in [0.1, 0.15) is 48.5 Å². The third-order valence-electron chi connectivity index (χ3n) is 6.33. The van der Waals surface area contributed by atoms with Crippen LogP contribution >= 0.6 is 23.2 Å². The molecule has 3 N–H and O–H groups in total. The summed E-state index contributed by atoms with van der Waals surface area (Å²) >= 11 is 11.8. The smallest absolute Gasteiger partial charge is 0.468 e. The number of carbonyl (C=O) groups excluding carboxylic acids is 2. The Balaban J connectivity index is 1.34. The second-order valence-corrected chi connectivity index (χ2v) is 9.37. The summed E-state index contributed by atoms with van der Waals surface area (Å²) in [6.07, 6.45) is -3.47. The van der Waals surface area contributed by atoms with Crippen molar-refractivity contribution < 1.29 is 37.0 Å². The van der Waals surface area contributed by atoms with E-state index in [0.717, 1.165) is 0 Å². The van der Waals surface area contributed by atoms with Crippen molar-refractivity contribution >= 4 is 35.0 Å². The van der Waals surface area contributed by atoms with Crippen molar-refractivity contribution in [1.29, 1.82) is 0 Å². The average Bonchev–Trinajstić information content (AvgIpc) is 3.27. The highest BCUT2D eigenvalue weighted by Crippen LogP contribution is 2.47. The molecule has 1 atom stereocenters. The molecule has 0 radical (unpaired) electrons. The minimum atomic E-state index is -4.80. The molecule has 3 aliphatic carbocycles. The summed E-state index contributed by atoms with van der Waals surface area (Å²) in [6.45, 7) is -0.304. The van der Waals surface area contributed by atoms with E-state index in [9.17, 15) is 27.9 Å². The zero-order chi connectivity index (χ0) is 24.7. The van der Waals surface area contributed by atoms with E-state index < -0.39 is 46.8 Å². The highest BCUT2D eigenvalue weighted by Gasteiger charge is 2.55. The molecule has 5 rings (SSSR count). The van der Waals surface area contributed by atoms with Crippen LogP contribution in [0.25, 0.3) is 0 Å². The van der Waals surface area contributed by atoms with Gasteiger partial charge in [0.05, 0.1) is 21.7 Å². The lowest BCUT2D eigenvalue weighted by Gasteiger charge is -2.56. The van der Waals surface area contributed by atoms with E-state index >= 15 is 0 Å². The summed E-state index contributed by atoms with van der Waals surface area (Å²) in [5.41, 5.74) is -2.20. The van der Waals surface area contributed by atoms with Crippen LogP contribution in [0.4, 0.5) is 13.2 Å². The van der Waals surface area contributed by atoms with Gasteiger partial charge in [-0.25, -0.2) is 4.98 Å². The molecule has 2 amide bonds. The molecular formula is C21H20Cl2F3N3O5. The maximum absolute atomic E-state index is 12.7. The van der Waals surface area contributed by atoms with Gasteiger partial charge in [0.25, 0.3) is 11.8 Å². The Kier molecular flexibility index (Phi) is 6.47. The molecule has 13 heteroatoms. The Morgan fingerprint density at radius 3 is 2.47 bits per heavy atom. The largest absolute Gasteiger partial charge is 0.484 e. The van der Waals surface area contributed by atoms with Gasteiger partial charge in [-0.1, -0.05) is 23.2 Å². The summed E-state index contributed by atoms with van der Waals surface area (Å²) < 4.78 is 47.8. The molecular weight excluding hydrogens is 502 g/mol. The number of ether oxygens (including phenoxy) is 1. The van der Waals surface area contributed by atoms with Gasteiger partial charge >= 0.3 is 12.1 Å². The van der Waals surface area contributed by atoms with Crippen LogP contribution in [0, 0.1) is 0 Å². The maximum Gasteiger partial charge on any atom is 0.468 e. The van der Waals surface area contributed by atoms with Gasteiger partial charge in [0.2, 0.25) is 0 Å². The number of fused-ring (bicyclic) bond motifs is 3. The first-order valence-corrected chi connectivity index (χ1v) is 11.1. The molecule has 2 bridgehead atoms. The minimum Gasteiger partial charge on any atom is -0.484 e. The molecule has 34 heavy (non-hydrogen) atoms. The molecule has 8 nitrogen and oxygen atoms in total. The number of alkyl halides is 3. The standard InChI is InChI=1S/C21H20Cl2F3N3O5/c22-12-2-1-11(7-13(12)23)33-10-16(31)28-20-5-3-19(4-6-20,8-15(20)30)29-17(32)14-9-34-18(27-14)21(24,25)26/h1-2,7,9,15,30H,3-6,8,10H2,(H,28,31)(H,29,32). The van der Waals surface area contributed by atoms with Crippen molar-refractivity contribution in [3.8, 4) is 5.75 Å². The van der Waals surface area contributed by atoms with Crippen molar-refractivity contribution in [2.75, 3.05) is 6.61 Å². The first-order chi connectivity index (χ1) is 15.9. The van der Waals surface area contributed by atoms with E-state index in [1.807, 2.05) is 0 Å². The van der Waals surface area contributed by atoms with Crippen LogP contribution in [0.5, 0.6) is 5.75 Å². The van der Waals surface area contributed by atoms with Crippen molar-refractivity contribution in [2.24, 2.45) is 0 Å². The summed E-state index contributed by atoms with van der Waals surface area (Å²) in [7, 11) is 0. The lowest BCUT2D eigenvalue weighted by molar-refractivity contribution is -0.157. The van der Waals surface area contributed by atoms with E-state index in [1.54, 1.807) is 12.1 Å². The maximum atomic E-state index is 12.7. The number of hydrogen-bond donors (Lipinski definition) is 3. The Hall–Kier alpha value is -2.50. The molecule has 3 saturated carbocycles. The molecule has 2 aromatic rings. The number of aromatic nitrogens is 1. The molecule has 1 unspecified atom stereocenters. The van der Waals surface area contributed by atoms with Crippen molar-refractivity contribution in [1.82, 2.24) is 15.6 Å². The van der Waals surface area contributed by atoms with E-state index in [-0.39, 0.29) is 18.1 Å². The summed E-state index contributed by atoms with van der Waals surface area (Å²) in [5.74, 6) is -2.41. The SMILES string of the molecule is O=C(COc1ccc(Cl)c(Cl)c1)NC12CCC(NC(=O)c3coc(C(F)(F)F)n3)(CC1)CC2O. The number of halogens is 5. The first kappa shape index (κ1) is 24.6. The fourth-order valence-corrected chi connectivity index (χ4v) is 4.79. The highest BCUT2D eigenvalue weighted by molar-refractivity contribution is 6.42. The summed E-state index contributed by atoms with van der Waals surface area (Å²) in [5, 5.41) is 17.0. The van der Waals surface area contributed by atoms with Gasteiger partial charge in [0.1, 0.15) is 12.0 Å². The Morgan fingerprint density at radius 1 is 1.18 bits per heavy atom. The third-order valence-corrected chi connectivity index (χ3v) is 7.07. The number of rotatable bonds is 6. The second-order valence-electron chi connectivity index (χ2n) is 8.56. The zero-order valence-corrected chi connectivity index (χ0v) is 19.1. The fraction of sp³-hybridized carbons (Fsp3) is 0.476. The monoisotopic (exact) mass is 521 g/mol. The van der Waals surface area contributed by atoms with Gasteiger partial charge in [0, 0.05) is 11.6 Å². The van der Waals surface area contributed by atoms with E-state index in [2.05, 4.69) is 20.0 Å². The van der Waals surface area contributed by atoms with E-state index in [4.69, 9.17) is 27.9 Å². The normalized spacial score (nSPS) is 26.2. The molecule has 184 valence electrons. The van der Waals surface area contributed by atoms with Crippen molar-refractivity contribution in [3.05, 3.63) is 46.1 Å². The molecule has 1 aromatic heterocycles. The number of hydrogen-bond acceptors (Lipinski definition) is 6. The number of benzene rings is 1. The number of nitrogens with one attached hydrogen (secondary N) is 2. The number of carbonyl (C=O) groups is 2. The Labute approximate surface area is 201 Å². The van der Waals surface area contributed by atoms with Crippen molar-refractivity contribution in [3.63, 3.8) is 0 Å². The van der Waals surface area contributed by atoms with Crippen LogP contribution in [0.2, 0.25) is 10.0 Å². The number of aliphatic hydroxyl groups excluding tert-OH is 1. The van der Waals surface area contributed by atoms with Crippen LogP contribution in [0.15, 0.2) is 28.9 Å². The molecule has 1 heterocycles. The predicted molar refractivity (Wildman–Crippen MR) is 114 cm³/mol. The van der Waals surface area contributed by atoms with E-state index in [0.29, 0.717) is 42.7 Å². The third kappa shape index (κ3) is 4.96. The number of amides is 2. The van der Waals surface area contributed by atoms with Crippen LogP contribution in [0.3, 0.4) is 0 Å². The van der Waals surface area contributed by atoms with E-state index in [1.165, 1.54) is 6.07 Å². The quantitative estimate of drug-likeness (QED) is 0.533. The molecule has 3 fully saturated rings. The molecule has 0 saturated heterocycles. The lowest BCUT2D eigenvalue weighted by Crippen LogP contribution is -2.70. The van der Waals surface area contributed by atoms with Crippen molar-refractivity contribution in [2.45, 2.75) is 55.5 Å². The average molecular weight is 522 g/mol. The fourth-order valence-electron chi connectivity index (χ4n) is 4.50. The summed E-state index contributed by atoms with van der Waals surface area (Å²) in [6, 6.07) is 4.59. The predicted octanol–water partition coefficient (Wildman–Crippen LogP) is 3.74. The van der Waals surface area contributed by atoms with Gasteiger partial charge in [-0.2, -0.15) is 13.2 Å². The van der Waals surface area contributed by atoms with Gasteiger partial charge in [-0.3, -0.25) is 9.59 Å². The Morgan fingerprint density at radius 2 is 1.88 bits per heavy atom. The summed E-state index contributed by atoms with van der Waals surface area (Å²) in [4.78, 5) is 28.2. The number of aliphatic hydroxyl groups is 1. The van der Waals surface area contributed by atoms with Crippen LogP contribution in [-0.4, -0.2) is 45.7 Å². The first-order valence-electron chi connectivity index (χ1n) is 10.3. The minimum absolute atomic E-state index is 0.122. The molecule has 3 aliphatic rings. The number of oxazole rings is 1.